The van der Waals surface area contributed by atoms with Gasteiger partial charge in [-0.05, 0) is 32.7 Å². The lowest BCUT2D eigenvalue weighted by atomic mass is 10.2. The van der Waals surface area contributed by atoms with E-state index in [9.17, 15) is 0 Å². The van der Waals surface area contributed by atoms with E-state index in [1.807, 2.05) is 0 Å². The van der Waals surface area contributed by atoms with Crippen LogP contribution in [-0.4, -0.2) is 66.8 Å². The van der Waals surface area contributed by atoms with Crippen LogP contribution in [0.15, 0.2) is 0 Å². The molecule has 0 aromatic carbocycles. The first-order valence-corrected chi connectivity index (χ1v) is 6.55. The zero-order chi connectivity index (χ0) is 11.8. The molecule has 1 aliphatic heterocycles. The van der Waals surface area contributed by atoms with E-state index in [1.54, 1.807) is 0 Å². The van der Waals surface area contributed by atoms with Gasteiger partial charge < -0.3 is 15.7 Å². The van der Waals surface area contributed by atoms with Crippen molar-refractivity contribution in [2.24, 2.45) is 5.73 Å². The molecule has 16 heavy (non-hydrogen) atoms. The van der Waals surface area contributed by atoms with Gasteiger partial charge in [0.25, 0.3) is 0 Å². The summed E-state index contributed by atoms with van der Waals surface area (Å²) in [4.78, 5) is 5.00. The van der Waals surface area contributed by atoms with Gasteiger partial charge in [0.15, 0.2) is 0 Å². The molecule has 0 aliphatic carbocycles. The summed E-state index contributed by atoms with van der Waals surface area (Å²) < 4.78 is 0. The second kappa shape index (κ2) is 8.01. The Balaban J connectivity index is 2.07. The van der Waals surface area contributed by atoms with Gasteiger partial charge >= 0.3 is 0 Å². The number of unbranched alkanes of at least 4 members (excludes halogenated alkanes) is 2. The van der Waals surface area contributed by atoms with Crippen molar-refractivity contribution in [1.29, 1.82) is 0 Å². The summed E-state index contributed by atoms with van der Waals surface area (Å²) in [6.45, 7) is 9.13. The minimum atomic E-state index is 0.335. The Morgan fingerprint density at radius 3 is 2.38 bits per heavy atom. The van der Waals surface area contributed by atoms with Crippen LogP contribution in [-0.2, 0) is 0 Å². The van der Waals surface area contributed by atoms with Crippen LogP contribution < -0.4 is 5.73 Å². The van der Waals surface area contributed by atoms with Gasteiger partial charge in [0, 0.05) is 45.4 Å². The molecule has 4 nitrogen and oxygen atoms in total. The number of aliphatic hydroxyl groups excluding tert-OH is 1. The summed E-state index contributed by atoms with van der Waals surface area (Å²) in [6.07, 6.45) is 3.31. The first-order valence-electron chi connectivity index (χ1n) is 6.55. The molecule has 1 rings (SSSR count). The highest BCUT2D eigenvalue weighted by molar-refractivity contribution is 4.76. The molecule has 1 atom stereocenters. The molecule has 0 bridgehead atoms. The van der Waals surface area contributed by atoms with Crippen LogP contribution in [0.1, 0.15) is 26.2 Å². The summed E-state index contributed by atoms with van der Waals surface area (Å²) in [6, 6.07) is 0.525. The quantitative estimate of drug-likeness (QED) is 0.609. The fourth-order valence-electron chi connectivity index (χ4n) is 2.20. The highest BCUT2D eigenvalue weighted by atomic mass is 16.2. The monoisotopic (exact) mass is 229 g/mol. The lowest BCUT2D eigenvalue weighted by Crippen LogP contribution is -2.51. The van der Waals surface area contributed by atoms with E-state index in [0.717, 1.165) is 32.5 Å². The Labute approximate surface area is 99.4 Å². The molecule has 0 radical (unpaired) electrons. The van der Waals surface area contributed by atoms with Crippen LogP contribution in [0, 0.1) is 0 Å². The molecule has 1 fully saturated rings. The Morgan fingerprint density at radius 1 is 1.12 bits per heavy atom. The third-order valence-electron chi connectivity index (χ3n) is 3.50. The van der Waals surface area contributed by atoms with Crippen molar-refractivity contribution < 1.29 is 5.11 Å². The van der Waals surface area contributed by atoms with Crippen molar-refractivity contribution in [3.05, 3.63) is 0 Å². The summed E-state index contributed by atoms with van der Waals surface area (Å²) in [7, 11) is 0. The topological polar surface area (TPSA) is 52.7 Å². The van der Waals surface area contributed by atoms with E-state index in [-0.39, 0.29) is 0 Å². The van der Waals surface area contributed by atoms with Crippen LogP contribution in [0.5, 0.6) is 0 Å². The largest absolute Gasteiger partial charge is 0.396 e. The number of aliphatic hydroxyl groups is 1. The maximum absolute atomic E-state index is 8.69. The standard InChI is InChI=1S/C12H27N3O/c1-12(11-13)15-8-6-14(7-9-15)5-3-2-4-10-16/h12,16H,2-11,13H2,1H3. The third-order valence-corrected chi connectivity index (χ3v) is 3.50. The second-order valence-corrected chi connectivity index (χ2v) is 4.75. The summed E-state index contributed by atoms with van der Waals surface area (Å²) in [5.74, 6) is 0. The SMILES string of the molecule is CC(CN)N1CCN(CCCCCO)CC1. The minimum Gasteiger partial charge on any atom is -0.396 e. The maximum atomic E-state index is 8.69. The van der Waals surface area contributed by atoms with E-state index in [0.29, 0.717) is 12.6 Å². The van der Waals surface area contributed by atoms with E-state index in [1.165, 1.54) is 26.1 Å². The predicted molar refractivity (Wildman–Crippen MR) is 67.5 cm³/mol. The maximum Gasteiger partial charge on any atom is 0.0431 e. The number of rotatable bonds is 7. The van der Waals surface area contributed by atoms with Crippen molar-refractivity contribution in [2.75, 3.05) is 45.9 Å². The van der Waals surface area contributed by atoms with Gasteiger partial charge in [-0.25, -0.2) is 0 Å². The molecule has 1 aliphatic rings. The smallest absolute Gasteiger partial charge is 0.0431 e. The molecule has 0 amide bonds. The molecule has 0 saturated carbocycles. The highest BCUT2D eigenvalue weighted by Crippen LogP contribution is 2.07. The molecule has 0 aromatic rings. The lowest BCUT2D eigenvalue weighted by Gasteiger charge is -2.37. The molecule has 3 N–H and O–H groups in total. The first-order chi connectivity index (χ1) is 7.77. The predicted octanol–water partition coefficient (Wildman–Crippen LogP) is 0.114. The van der Waals surface area contributed by atoms with Crippen LogP contribution >= 0.6 is 0 Å². The Kier molecular flexibility index (Phi) is 6.96. The van der Waals surface area contributed by atoms with Gasteiger partial charge in [0.2, 0.25) is 0 Å². The van der Waals surface area contributed by atoms with Crippen molar-refractivity contribution in [3.63, 3.8) is 0 Å². The zero-order valence-electron chi connectivity index (χ0n) is 10.6. The molecular formula is C12H27N3O. The molecule has 1 heterocycles. The van der Waals surface area contributed by atoms with E-state index < -0.39 is 0 Å². The molecular weight excluding hydrogens is 202 g/mol. The van der Waals surface area contributed by atoms with Crippen molar-refractivity contribution in [3.8, 4) is 0 Å². The third kappa shape index (κ3) is 4.78. The molecule has 1 saturated heterocycles. The average molecular weight is 229 g/mol. The molecule has 1 unspecified atom stereocenters. The van der Waals surface area contributed by atoms with Crippen LogP contribution in [0.25, 0.3) is 0 Å². The Morgan fingerprint density at radius 2 is 1.81 bits per heavy atom. The van der Waals surface area contributed by atoms with Gasteiger partial charge in [-0.2, -0.15) is 0 Å². The fourth-order valence-corrected chi connectivity index (χ4v) is 2.20. The molecule has 4 heteroatoms. The number of nitrogens with two attached hydrogens (primary N) is 1. The van der Waals surface area contributed by atoms with E-state index in [2.05, 4.69) is 16.7 Å². The number of hydrogen-bond acceptors (Lipinski definition) is 4. The van der Waals surface area contributed by atoms with Crippen molar-refractivity contribution in [2.45, 2.75) is 32.2 Å². The van der Waals surface area contributed by atoms with E-state index in [4.69, 9.17) is 10.8 Å². The Hall–Kier alpha value is -0.160. The van der Waals surface area contributed by atoms with Crippen LogP contribution in [0.3, 0.4) is 0 Å². The molecule has 0 aromatic heterocycles. The number of piperazine rings is 1. The van der Waals surface area contributed by atoms with Crippen LogP contribution in [0.4, 0.5) is 0 Å². The van der Waals surface area contributed by atoms with Gasteiger partial charge in [0.1, 0.15) is 0 Å². The van der Waals surface area contributed by atoms with Gasteiger partial charge in [-0.1, -0.05) is 0 Å². The van der Waals surface area contributed by atoms with E-state index >= 15 is 0 Å². The summed E-state index contributed by atoms with van der Waals surface area (Å²) in [5.41, 5.74) is 5.67. The van der Waals surface area contributed by atoms with Gasteiger partial charge in [-0.3, -0.25) is 4.90 Å². The molecule has 96 valence electrons. The van der Waals surface area contributed by atoms with Crippen molar-refractivity contribution in [1.82, 2.24) is 9.80 Å². The minimum absolute atomic E-state index is 0.335. The zero-order valence-corrected chi connectivity index (χ0v) is 10.6. The highest BCUT2D eigenvalue weighted by Gasteiger charge is 2.19. The second-order valence-electron chi connectivity index (χ2n) is 4.75. The molecule has 0 spiro atoms. The average Bonchev–Trinajstić information content (AvgIpc) is 2.34. The van der Waals surface area contributed by atoms with Gasteiger partial charge in [-0.15, -0.1) is 0 Å². The summed E-state index contributed by atoms with van der Waals surface area (Å²) >= 11 is 0. The summed E-state index contributed by atoms with van der Waals surface area (Å²) in [5, 5.41) is 8.69. The number of nitrogens with zero attached hydrogens (tertiary/aromatic N) is 2. The lowest BCUT2D eigenvalue weighted by molar-refractivity contribution is 0.103. The Bertz CT molecular complexity index is 170. The van der Waals surface area contributed by atoms with Gasteiger partial charge in [0.05, 0.1) is 0 Å². The first kappa shape index (κ1) is 13.9. The number of hydrogen-bond donors (Lipinski definition) is 2. The normalized spacial score (nSPS) is 21.2. The fraction of sp³-hybridized carbons (Fsp3) is 1.00. The van der Waals surface area contributed by atoms with Crippen LogP contribution in [0.2, 0.25) is 0 Å². The van der Waals surface area contributed by atoms with Crippen molar-refractivity contribution >= 4 is 0 Å².